The molecule has 0 bridgehead atoms. The summed E-state index contributed by atoms with van der Waals surface area (Å²) in [5, 5.41) is 0. The standard InChI is InChI=1S/C2H5FO4S2/c3-9(6,7)2-1-8(4)5/h1-2H2,(H,4,5)/p-1. The van der Waals surface area contributed by atoms with Gasteiger partial charge in [0.25, 0.3) is 0 Å². The van der Waals surface area contributed by atoms with Crippen LogP contribution in [0.3, 0.4) is 0 Å². The highest BCUT2D eigenvalue weighted by atomic mass is 32.3. The van der Waals surface area contributed by atoms with Gasteiger partial charge in [0.1, 0.15) is 0 Å². The van der Waals surface area contributed by atoms with Gasteiger partial charge in [-0.25, -0.2) is 0 Å². The zero-order valence-corrected chi connectivity index (χ0v) is 5.87. The topological polar surface area (TPSA) is 74.3 Å². The van der Waals surface area contributed by atoms with Gasteiger partial charge >= 0.3 is 10.2 Å². The molecule has 7 heteroatoms. The van der Waals surface area contributed by atoms with E-state index in [4.69, 9.17) is 0 Å². The van der Waals surface area contributed by atoms with Crippen molar-refractivity contribution >= 4 is 21.3 Å². The highest BCUT2D eigenvalue weighted by Gasteiger charge is 2.04. The summed E-state index contributed by atoms with van der Waals surface area (Å²) in [7, 11) is -4.61. The van der Waals surface area contributed by atoms with E-state index in [1.807, 2.05) is 0 Å². The van der Waals surface area contributed by atoms with Gasteiger partial charge in [0.15, 0.2) is 0 Å². The summed E-state index contributed by atoms with van der Waals surface area (Å²) in [5.41, 5.74) is 0. The van der Waals surface area contributed by atoms with Crippen molar-refractivity contribution in [3.63, 3.8) is 0 Å². The Balaban J connectivity index is 3.67. The second-order valence-corrected chi connectivity index (χ2v) is 3.75. The average molecular weight is 175 g/mol. The molecule has 0 aromatic carbocycles. The van der Waals surface area contributed by atoms with E-state index in [0.29, 0.717) is 0 Å². The van der Waals surface area contributed by atoms with Crippen LogP contribution in [0, 0.1) is 0 Å². The van der Waals surface area contributed by atoms with Gasteiger partial charge in [-0.05, 0) is 0 Å². The van der Waals surface area contributed by atoms with Crippen LogP contribution in [0.1, 0.15) is 0 Å². The fourth-order valence-corrected chi connectivity index (χ4v) is 1.51. The molecule has 0 amide bonds. The second kappa shape index (κ2) is 3.23. The molecule has 0 N–H and O–H groups in total. The van der Waals surface area contributed by atoms with Crippen LogP contribution in [-0.4, -0.2) is 28.7 Å². The Morgan fingerprint density at radius 2 is 2.00 bits per heavy atom. The second-order valence-electron chi connectivity index (χ2n) is 1.25. The Labute approximate surface area is 54.6 Å². The molecule has 0 aliphatic carbocycles. The molecule has 0 aromatic rings. The SMILES string of the molecule is O=S([O-])CCS(=O)(=O)F. The van der Waals surface area contributed by atoms with Crippen molar-refractivity contribution in [2.24, 2.45) is 0 Å². The van der Waals surface area contributed by atoms with Crippen molar-refractivity contribution in [1.29, 1.82) is 0 Å². The van der Waals surface area contributed by atoms with E-state index in [1.54, 1.807) is 0 Å². The van der Waals surface area contributed by atoms with E-state index in [9.17, 15) is 21.1 Å². The largest absolute Gasteiger partial charge is 0.772 e. The van der Waals surface area contributed by atoms with Crippen LogP contribution in [0.15, 0.2) is 0 Å². The quantitative estimate of drug-likeness (QED) is 0.414. The molecule has 0 aromatic heterocycles. The smallest absolute Gasteiger partial charge is 0.303 e. The molecule has 56 valence electrons. The lowest BCUT2D eigenvalue weighted by Gasteiger charge is -1.99. The molecule has 1 atom stereocenters. The molecule has 0 spiro atoms. The van der Waals surface area contributed by atoms with E-state index in [-0.39, 0.29) is 0 Å². The molecule has 0 radical (unpaired) electrons. The molecule has 4 nitrogen and oxygen atoms in total. The van der Waals surface area contributed by atoms with Crippen LogP contribution in [0.4, 0.5) is 3.89 Å². The zero-order valence-electron chi connectivity index (χ0n) is 4.24. The molecule has 9 heavy (non-hydrogen) atoms. The predicted molar refractivity (Wildman–Crippen MR) is 28.7 cm³/mol. The van der Waals surface area contributed by atoms with Crippen LogP contribution < -0.4 is 0 Å². The summed E-state index contributed by atoms with van der Waals surface area (Å²) in [6, 6.07) is 0. The minimum absolute atomic E-state index is 0.682. The average Bonchev–Trinajstić information content (AvgIpc) is 1.59. The highest BCUT2D eigenvalue weighted by molar-refractivity contribution is 7.88. The van der Waals surface area contributed by atoms with Crippen molar-refractivity contribution in [1.82, 2.24) is 0 Å². The molecule has 0 rings (SSSR count). The molecular formula is C2H4FO4S2-. The third kappa shape index (κ3) is 7.99. The normalized spacial score (nSPS) is 15.3. The minimum Gasteiger partial charge on any atom is -0.772 e. The lowest BCUT2D eigenvalue weighted by Crippen LogP contribution is -2.07. The van der Waals surface area contributed by atoms with Crippen molar-refractivity contribution in [2.75, 3.05) is 11.5 Å². The lowest BCUT2D eigenvalue weighted by atomic mass is 11.0. The summed E-state index contributed by atoms with van der Waals surface area (Å²) in [6.45, 7) is 0. The fraction of sp³-hybridized carbons (Fsp3) is 1.00. The van der Waals surface area contributed by atoms with E-state index >= 15 is 0 Å². The monoisotopic (exact) mass is 175 g/mol. The van der Waals surface area contributed by atoms with Gasteiger partial charge in [-0.1, -0.05) is 11.1 Å². The highest BCUT2D eigenvalue weighted by Crippen LogP contribution is 1.89. The molecular weight excluding hydrogens is 171 g/mol. The number of halogens is 1. The Morgan fingerprint density at radius 1 is 1.56 bits per heavy atom. The zero-order chi connectivity index (χ0) is 7.49. The third-order valence-corrected chi connectivity index (χ3v) is 1.98. The van der Waals surface area contributed by atoms with Crippen molar-refractivity contribution in [3.8, 4) is 0 Å². The molecule has 0 saturated heterocycles. The third-order valence-electron chi connectivity index (χ3n) is 0.494. The number of hydrogen-bond donors (Lipinski definition) is 0. The maximum Gasteiger partial charge on any atom is 0.303 e. The van der Waals surface area contributed by atoms with Crippen molar-refractivity contribution in [3.05, 3.63) is 0 Å². The molecule has 0 aliphatic rings. The van der Waals surface area contributed by atoms with Gasteiger partial charge in [-0.3, -0.25) is 4.21 Å². The van der Waals surface area contributed by atoms with Gasteiger partial charge in [0.05, 0.1) is 5.75 Å². The van der Waals surface area contributed by atoms with Crippen LogP contribution in [0.5, 0.6) is 0 Å². The molecule has 0 fully saturated rings. The Hall–Kier alpha value is -0.0100. The molecule has 0 aliphatic heterocycles. The van der Waals surface area contributed by atoms with Crippen molar-refractivity contribution in [2.45, 2.75) is 0 Å². The molecule has 0 heterocycles. The first-order chi connectivity index (χ1) is 3.92. The van der Waals surface area contributed by atoms with Gasteiger partial charge in [-0.2, -0.15) is 8.42 Å². The lowest BCUT2D eigenvalue weighted by molar-refractivity contribution is 0.532. The van der Waals surface area contributed by atoms with Crippen LogP contribution >= 0.6 is 0 Å². The summed E-state index contributed by atoms with van der Waals surface area (Å²) in [5.74, 6) is -1.64. The van der Waals surface area contributed by atoms with E-state index in [0.717, 1.165) is 0 Å². The first kappa shape index (κ1) is 8.99. The number of rotatable bonds is 3. The van der Waals surface area contributed by atoms with E-state index in [1.165, 1.54) is 0 Å². The molecule has 1 unspecified atom stereocenters. The van der Waals surface area contributed by atoms with Gasteiger partial charge < -0.3 is 4.55 Å². The summed E-state index contributed by atoms with van der Waals surface area (Å²) >= 11 is -2.48. The van der Waals surface area contributed by atoms with Crippen molar-refractivity contribution < 1.29 is 21.1 Å². The summed E-state index contributed by atoms with van der Waals surface area (Å²) in [6.07, 6.45) is 0. The van der Waals surface area contributed by atoms with Crippen LogP contribution in [0.25, 0.3) is 0 Å². The Kier molecular flexibility index (Phi) is 3.23. The van der Waals surface area contributed by atoms with Crippen LogP contribution in [-0.2, 0) is 21.3 Å². The Bertz CT molecular complexity index is 195. The van der Waals surface area contributed by atoms with E-state index < -0.39 is 32.8 Å². The Morgan fingerprint density at radius 3 is 2.11 bits per heavy atom. The predicted octanol–water partition coefficient (Wildman–Crippen LogP) is -0.835. The summed E-state index contributed by atoms with van der Waals surface area (Å²) < 4.78 is 49.9. The maximum atomic E-state index is 11.4. The summed E-state index contributed by atoms with van der Waals surface area (Å²) in [4.78, 5) is 0. The first-order valence-corrected chi connectivity index (χ1v) is 4.69. The number of hydrogen-bond acceptors (Lipinski definition) is 4. The van der Waals surface area contributed by atoms with Gasteiger partial charge in [-0.15, -0.1) is 3.89 Å². The first-order valence-electron chi connectivity index (χ1n) is 1.90. The minimum atomic E-state index is -4.61. The maximum absolute atomic E-state index is 11.4. The van der Waals surface area contributed by atoms with E-state index in [2.05, 4.69) is 0 Å². The van der Waals surface area contributed by atoms with Gasteiger partial charge in [0.2, 0.25) is 0 Å². The van der Waals surface area contributed by atoms with Gasteiger partial charge in [0, 0.05) is 5.75 Å². The fourth-order valence-electron chi connectivity index (χ4n) is 0.168. The van der Waals surface area contributed by atoms with Crippen LogP contribution in [0.2, 0.25) is 0 Å². The molecule has 0 saturated carbocycles.